The minimum atomic E-state index is 0.546. The molecule has 0 aliphatic carbocycles. The van der Waals surface area contributed by atoms with Gasteiger partial charge in [0.25, 0.3) is 0 Å². The van der Waals surface area contributed by atoms with E-state index in [1.54, 1.807) is 0 Å². The minimum absolute atomic E-state index is 0.546. The lowest BCUT2D eigenvalue weighted by atomic mass is 10.4. The van der Waals surface area contributed by atoms with E-state index in [9.17, 15) is 0 Å². The Hall–Kier alpha value is -0.120. The standard InChI is InChI=1S/C3H7N3/c1-4-3-5-2-6(1)3/h3-5H,1-2H2. The number of nitrogens with zero attached hydrogens (tertiary/aromatic N) is 1. The average Bonchev–Trinajstić information content (AvgIpc) is 1.54. The van der Waals surface area contributed by atoms with E-state index < -0.39 is 0 Å². The summed E-state index contributed by atoms with van der Waals surface area (Å²) in [4.78, 5) is 2.31. The van der Waals surface area contributed by atoms with Crippen molar-refractivity contribution in [1.82, 2.24) is 15.5 Å². The van der Waals surface area contributed by atoms with Crippen LogP contribution in [0.25, 0.3) is 0 Å². The van der Waals surface area contributed by atoms with Crippen LogP contribution in [0.1, 0.15) is 0 Å². The SMILES string of the molecule is C1NC2NCN12. The van der Waals surface area contributed by atoms with Gasteiger partial charge in [-0.1, -0.05) is 0 Å². The first-order valence-electron chi connectivity index (χ1n) is 2.18. The summed E-state index contributed by atoms with van der Waals surface area (Å²) in [5, 5.41) is 6.32. The van der Waals surface area contributed by atoms with Crippen LogP contribution in [0.15, 0.2) is 0 Å². The van der Waals surface area contributed by atoms with Gasteiger partial charge in [0.1, 0.15) is 6.29 Å². The fourth-order valence-corrected chi connectivity index (χ4v) is 0.751. The third-order valence-electron chi connectivity index (χ3n) is 1.34. The van der Waals surface area contributed by atoms with Crippen molar-refractivity contribution in [2.45, 2.75) is 6.29 Å². The van der Waals surface area contributed by atoms with Crippen molar-refractivity contribution in [3.63, 3.8) is 0 Å². The smallest absolute Gasteiger partial charge is 0.118 e. The van der Waals surface area contributed by atoms with Gasteiger partial charge in [0, 0.05) is 0 Å². The summed E-state index contributed by atoms with van der Waals surface area (Å²) in [6.45, 7) is 2.16. The third-order valence-corrected chi connectivity index (χ3v) is 1.34. The lowest BCUT2D eigenvalue weighted by Gasteiger charge is -2.51. The molecule has 0 radical (unpaired) electrons. The lowest BCUT2D eigenvalue weighted by Crippen LogP contribution is -2.79. The number of fused-ring (bicyclic) bond motifs is 1. The van der Waals surface area contributed by atoms with Gasteiger partial charge in [-0.2, -0.15) is 0 Å². The largest absolute Gasteiger partial charge is 0.276 e. The number of hydrogen-bond donors (Lipinski definition) is 2. The first-order chi connectivity index (χ1) is 2.97. The molecule has 2 N–H and O–H groups in total. The van der Waals surface area contributed by atoms with E-state index in [4.69, 9.17) is 0 Å². The topological polar surface area (TPSA) is 27.3 Å². The van der Waals surface area contributed by atoms with Gasteiger partial charge in [-0.15, -0.1) is 0 Å². The Morgan fingerprint density at radius 3 is 1.83 bits per heavy atom. The van der Waals surface area contributed by atoms with Crippen LogP contribution in [-0.2, 0) is 0 Å². The summed E-state index contributed by atoms with van der Waals surface area (Å²) in [6, 6.07) is 0. The summed E-state index contributed by atoms with van der Waals surface area (Å²) < 4.78 is 0. The molecule has 0 aromatic carbocycles. The van der Waals surface area contributed by atoms with Gasteiger partial charge in [-0.05, 0) is 0 Å². The Bertz CT molecular complexity index is 54.4. The molecule has 3 nitrogen and oxygen atoms in total. The fraction of sp³-hybridized carbons (Fsp3) is 1.00. The number of nitrogens with one attached hydrogen (secondary N) is 2. The van der Waals surface area contributed by atoms with Crippen LogP contribution in [0.5, 0.6) is 0 Å². The molecule has 2 aliphatic rings. The summed E-state index contributed by atoms with van der Waals surface area (Å²) in [5.41, 5.74) is 0. The van der Waals surface area contributed by atoms with Crippen molar-refractivity contribution in [2.75, 3.05) is 13.3 Å². The van der Waals surface area contributed by atoms with Crippen LogP contribution in [0.4, 0.5) is 0 Å². The Balaban J connectivity index is 2.03. The summed E-state index contributed by atoms with van der Waals surface area (Å²) in [5.74, 6) is 0. The number of hydrogen-bond acceptors (Lipinski definition) is 3. The zero-order chi connectivity index (χ0) is 3.98. The van der Waals surface area contributed by atoms with Crippen molar-refractivity contribution >= 4 is 0 Å². The van der Waals surface area contributed by atoms with E-state index in [0.29, 0.717) is 6.29 Å². The van der Waals surface area contributed by atoms with Gasteiger partial charge in [0.05, 0.1) is 13.3 Å². The fourth-order valence-electron chi connectivity index (χ4n) is 0.751. The molecule has 0 aromatic rings. The monoisotopic (exact) mass is 85.1 g/mol. The highest BCUT2D eigenvalue weighted by Crippen LogP contribution is 2.07. The second kappa shape index (κ2) is 0.753. The maximum Gasteiger partial charge on any atom is 0.118 e. The van der Waals surface area contributed by atoms with Gasteiger partial charge in [0.2, 0.25) is 0 Å². The zero-order valence-corrected chi connectivity index (χ0v) is 3.44. The van der Waals surface area contributed by atoms with E-state index in [1.165, 1.54) is 0 Å². The second-order valence-electron chi connectivity index (χ2n) is 1.72. The summed E-state index contributed by atoms with van der Waals surface area (Å²) in [6.07, 6.45) is 0.546. The predicted octanol–water partition coefficient (Wildman–Crippen LogP) is -1.31. The Morgan fingerprint density at radius 2 is 1.83 bits per heavy atom. The Kier molecular flexibility index (Phi) is 0.371. The van der Waals surface area contributed by atoms with Crippen molar-refractivity contribution in [3.05, 3.63) is 0 Å². The maximum atomic E-state index is 3.16. The molecule has 2 rings (SSSR count). The molecule has 0 aromatic heterocycles. The molecule has 2 heterocycles. The molecule has 2 saturated heterocycles. The van der Waals surface area contributed by atoms with Crippen molar-refractivity contribution in [2.24, 2.45) is 0 Å². The summed E-state index contributed by atoms with van der Waals surface area (Å²) in [7, 11) is 0. The normalized spacial score (nSPS) is 34.0. The molecule has 0 spiro atoms. The van der Waals surface area contributed by atoms with Gasteiger partial charge in [0.15, 0.2) is 0 Å². The molecular weight excluding hydrogens is 78.1 g/mol. The van der Waals surface area contributed by atoms with Crippen molar-refractivity contribution < 1.29 is 0 Å². The van der Waals surface area contributed by atoms with Crippen molar-refractivity contribution in [3.8, 4) is 0 Å². The van der Waals surface area contributed by atoms with Gasteiger partial charge in [-0.3, -0.25) is 10.6 Å². The summed E-state index contributed by atoms with van der Waals surface area (Å²) >= 11 is 0. The molecule has 2 aliphatic heterocycles. The molecule has 3 heteroatoms. The maximum absolute atomic E-state index is 3.16. The van der Waals surface area contributed by atoms with Crippen LogP contribution in [0.3, 0.4) is 0 Å². The molecule has 0 amide bonds. The molecule has 6 heavy (non-hydrogen) atoms. The first-order valence-corrected chi connectivity index (χ1v) is 2.18. The van der Waals surface area contributed by atoms with Crippen molar-refractivity contribution in [1.29, 1.82) is 0 Å². The predicted molar refractivity (Wildman–Crippen MR) is 21.6 cm³/mol. The van der Waals surface area contributed by atoms with Gasteiger partial charge in [-0.25, -0.2) is 4.90 Å². The Morgan fingerprint density at radius 1 is 1.33 bits per heavy atom. The highest BCUT2D eigenvalue weighted by atomic mass is 15.6. The molecular formula is C3H7N3. The van der Waals surface area contributed by atoms with Gasteiger partial charge >= 0.3 is 0 Å². The van der Waals surface area contributed by atoms with Crippen LogP contribution < -0.4 is 10.6 Å². The average molecular weight is 85.1 g/mol. The van der Waals surface area contributed by atoms with Crippen LogP contribution in [0, 0.1) is 0 Å². The second-order valence-corrected chi connectivity index (χ2v) is 1.72. The molecule has 0 unspecified atom stereocenters. The van der Waals surface area contributed by atoms with Crippen LogP contribution >= 0.6 is 0 Å². The lowest BCUT2D eigenvalue weighted by molar-refractivity contribution is -0.0745. The number of rotatable bonds is 0. The molecule has 0 atom stereocenters. The van der Waals surface area contributed by atoms with E-state index in [0.717, 1.165) is 13.3 Å². The zero-order valence-electron chi connectivity index (χ0n) is 3.44. The first kappa shape index (κ1) is 2.96. The highest BCUT2D eigenvalue weighted by Gasteiger charge is 2.33. The highest BCUT2D eigenvalue weighted by molar-refractivity contribution is 4.82. The van der Waals surface area contributed by atoms with E-state index >= 15 is 0 Å². The molecule has 34 valence electrons. The Labute approximate surface area is 36.3 Å². The van der Waals surface area contributed by atoms with E-state index in [2.05, 4.69) is 15.5 Å². The van der Waals surface area contributed by atoms with Crippen LogP contribution in [0.2, 0.25) is 0 Å². The third kappa shape index (κ3) is 0.167. The van der Waals surface area contributed by atoms with E-state index in [1.807, 2.05) is 0 Å². The van der Waals surface area contributed by atoms with Crippen LogP contribution in [-0.4, -0.2) is 24.5 Å². The quantitative estimate of drug-likeness (QED) is 0.382. The molecule has 0 saturated carbocycles. The van der Waals surface area contributed by atoms with E-state index in [-0.39, 0.29) is 0 Å². The van der Waals surface area contributed by atoms with Gasteiger partial charge < -0.3 is 0 Å². The molecule has 2 fully saturated rings. The minimum Gasteiger partial charge on any atom is -0.276 e. The molecule has 0 bridgehead atoms.